The minimum absolute atomic E-state index is 0.172. The molecule has 42 heavy (non-hydrogen) atoms. The van der Waals surface area contributed by atoms with Crippen LogP contribution in [0.3, 0.4) is 0 Å². The summed E-state index contributed by atoms with van der Waals surface area (Å²) in [4.78, 5) is 16.6. The number of fused-ring (bicyclic) bond motifs is 3. The molecule has 0 amide bonds. The van der Waals surface area contributed by atoms with E-state index in [-0.39, 0.29) is 11.6 Å². The van der Waals surface area contributed by atoms with Crippen molar-refractivity contribution in [2.45, 2.75) is 37.5 Å². The number of hydrogen-bond donors (Lipinski definition) is 1. The van der Waals surface area contributed by atoms with Gasteiger partial charge in [0.15, 0.2) is 17.8 Å². The van der Waals surface area contributed by atoms with Crippen molar-refractivity contribution in [3.8, 4) is 11.4 Å². The second-order valence-corrected chi connectivity index (χ2v) is 11.1. The van der Waals surface area contributed by atoms with E-state index in [0.717, 1.165) is 35.5 Å². The van der Waals surface area contributed by atoms with Crippen molar-refractivity contribution in [2.24, 2.45) is 5.16 Å². The van der Waals surface area contributed by atoms with Crippen LogP contribution in [0.5, 0.6) is 5.75 Å². The number of ether oxygens (including phenoxy) is 2. The van der Waals surface area contributed by atoms with E-state index in [1.165, 1.54) is 18.5 Å². The predicted octanol–water partition coefficient (Wildman–Crippen LogP) is 5.06. The lowest BCUT2D eigenvalue weighted by Crippen LogP contribution is -2.59. The molecule has 2 aromatic carbocycles. The van der Waals surface area contributed by atoms with Crippen LogP contribution in [-0.4, -0.2) is 50.6 Å². The molecule has 1 N–H and O–H groups in total. The van der Waals surface area contributed by atoms with Crippen LogP contribution in [0.1, 0.15) is 41.1 Å². The number of oxazole rings is 1. The second kappa shape index (κ2) is 9.88. The lowest BCUT2D eigenvalue weighted by molar-refractivity contribution is -0.164. The first kappa shape index (κ1) is 26.5. The van der Waals surface area contributed by atoms with Gasteiger partial charge in [-0.15, -0.1) is 0 Å². The Kier molecular flexibility index (Phi) is 6.25. The SMILES string of the molecule is COc1cc(C=C2OC3(CCCc4ocnc43)CN3C2=NOC3(CO)c2cc(F)cc(Cl)c2)ccc1-n1cnc(C)c1. The number of benzene rings is 2. The average Bonchev–Trinajstić information content (AvgIpc) is 3.72. The molecule has 2 aliphatic heterocycles. The summed E-state index contributed by atoms with van der Waals surface area (Å²) in [5, 5.41) is 15.3. The number of rotatable bonds is 5. The summed E-state index contributed by atoms with van der Waals surface area (Å²) in [5.41, 5.74) is 1.00. The highest BCUT2D eigenvalue weighted by atomic mass is 35.5. The van der Waals surface area contributed by atoms with Gasteiger partial charge in [-0.2, -0.15) is 0 Å². The molecule has 2 atom stereocenters. The van der Waals surface area contributed by atoms with Crippen molar-refractivity contribution in [3.05, 3.63) is 100 Å². The Morgan fingerprint density at radius 3 is 2.86 bits per heavy atom. The van der Waals surface area contributed by atoms with Crippen LogP contribution >= 0.6 is 11.6 Å². The average molecular weight is 592 g/mol. The largest absolute Gasteiger partial charge is 0.495 e. The van der Waals surface area contributed by atoms with Gasteiger partial charge < -0.3 is 33.3 Å². The molecule has 4 aromatic rings. The fourth-order valence-electron chi connectivity index (χ4n) is 6.03. The smallest absolute Gasteiger partial charge is 0.260 e. The van der Waals surface area contributed by atoms with Gasteiger partial charge in [0.1, 0.15) is 29.6 Å². The summed E-state index contributed by atoms with van der Waals surface area (Å²) in [6, 6.07) is 9.80. The quantitative estimate of drug-likeness (QED) is 0.343. The zero-order chi connectivity index (χ0) is 29.1. The van der Waals surface area contributed by atoms with Crippen molar-refractivity contribution in [1.29, 1.82) is 0 Å². The Morgan fingerprint density at radius 1 is 1.21 bits per heavy atom. The molecule has 216 valence electrons. The minimum atomic E-state index is -1.54. The topological polar surface area (TPSA) is 107 Å². The van der Waals surface area contributed by atoms with Crippen LogP contribution in [0.2, 0.25) is 5.02 Å². The van der Waals surface area contributed by atoms with Crippen molar-refractivity contribution in [3.63, 3.8) is 0 Å². The highest BCUT2D eigenvalue weighted by Gasteiger charge is 2.58. The van der Waals surface area contributed by atoms with E-state index >= 15 is 0 Å². The number of oxime groups is 1. The highest BCUT2D eigenvalue weighted by molar-refractivity contribution is 6.30. The van der Waals surface area contributed by atoms with Crippen LogP contribution in [0.15, 0.2) is 70.6 Å². The maximum atomic E-state index is 14.6. The molecule has 10 nitrogen and oxygen atoms in total. The standard InChI is InChI=1S/C30H27ClFN5O5/c1-18-13-36(16-33-18)23-6-5-19(8-25(23)39-2)9-26-28-35-42-30(15-38,20-10-21(31)12-22(32)11-20)37(28)14-29(41-26)7-3-4-24-27(29)34-17-40-24/h5-6,8-13,16-17,38H,3-4,7,14-15H2,1-2H3. The number of nitrogens with zero attached hydrogens (tertiary/aromatic N) is 5. The first-order valence-electron chi connectivity index (χ1n) is 13.5. The number of hydrogen-bond acceptors (Lipinski definition) is 9. The molecule has 1 fully saturated rings. The van der Waals surface area contributed by atoms with E-state index in [4.69, 9.17) is 30.3 Å². The molecule has 0 radical (unpaired) electrons. The Morgan fingerprint density at radius 2 is 2.10 bits per heavy atom. The number of aromatic nitrogens is 3. The Balaban J connectivity index is 1.36. The molecule has 0 saturated carbocycles. The Labute approximate surface area is 245 Å². The van der Waals surface area contributed by atoms with Crippen molar-refractivity contribution in [1.82, 2.24) is 19.4 Å². The fraction of sp³-hybridized carbons (Fsp3) is 0.300. The van der Waals surface area contributed by atoms with Crippen LogP contribution < -0.4 is 4.74 Å². The molecular weight excluding hydrogens is 565 g/mol. The van der Waals surface area contributed by atoms with Gasteiger partial charge in [-0.3, -0.25) is 0 Å². The third-order valence-electron chi connectivity index (χ3n) is 7.99. The van der Waals surface area contributed by atoms with Crippen LogP contribution in [0.25, 0.3) is 11.8 Å². The molecule has 0 bridgehead atoms. The van der Waals surface area contributed by atoms with Crippen molar-refractivity contribution < 1.29 is 28.2 Å². The molecule has 12 heteroatoms. The molecule has 4 heterocycles. The monoisotopic (exact) mass is 591 g/mol. The van der Waals surface area contributed by atoms with Gasteiger partial charge in [-0.1, -0.05) is 22.8 Å². The number of amidine groups is 1. The van der Waals surface area contributed by atoms with Crippen molar-refractivity contribution >= 4 is 23.5 Å². The Bertz CT molecular complexity index is 1730. The summed E-state index contributed by atoms with van der Waals surface area (Å²) in [7, 11) is 1.61. The molecular formula is C30H27ClFN5O5. The molecule has 1 aliphatic carbocycles. The zero-order valence-electron chi connectivity index (χ0n) is 22.9. The van der Waals surface area contributed by atoms with Gasteiger partial charge in [0.25, 0.3) is 5.72 Å². The number of methoxy groups -OCH3 is 1. The van der Waals surface area contributed by atoms with Gasteiger partial charge in [-0.25, -0.2) is 14.4 Å². The Hall–Kier alpha value is -4.35. The molecule has 2 aromatic heterocycles. The number of imidazole rings is 1. The molecule has 1 saturated heterocycles. The number of morpholine rings is 1. The second-order valence-electron chi connectivity index (χ2n) is 10.6. The summed E-state index contributed by atoms with van der Waals surface area (Å²) < 4.78 is 34.6. The summed E-state index contributed by atoms with van der Waals surface area (Å²) >= 11 is 6.23. The lowest BCUT2D eigenvalue weighted by atomic mass is 9.83. The lowest BCUT2D eigenvalue weighted by Gasteiger charge is -2.48. The normalized spacial score (nSPS) is 23.8. The summed E-state index contributed by atoms with van der Waals surface area (Å²) in [6.07, 6.45) is 9.05. The van der Waals surface area contributed by atoms with Gasteiger partial charge in [-0.05, 0) is 61.7 Å². The predicted molar refractivity (Wildman–Crippen MR) is 150 cm³/mol. The number of aryl methyl sites for hydroxylation is 2. The number of aliphatic hydroxyl groups is 1. The fourth-order valence-corrected chi connectivity index (χ4v) is 6.25. The van der Waals surface area contributed by atoms with E-state index in [9.17, 15) is 9.50 Å². The highest BCUT2D eigenvalue weighted by Crippen LogP contribution is 2.49. The maximum absolute atomic E-state index is 14.6. The zero-order valence-corrected chi connectivity index (χ0v) is 23.6. The van der Waals surface area contributed by atoms with E-state index < -0.39 is 23.8 Å². The third kappa shape index (κ3) is 4.14. The van der Waals surface area contributed by atoms with Crippen LogP contribution in [0.4, 0.5) is 4.39 Å². The first-order valence-corrected chi connectivity index (χ1v) is 13.9. The molecule has 3 aliphatic rings. The van der Waals surface area contributed by atoms with Crippen LogP contribution in [0, 0.1) is 12.7 Å². The van der Waals surface area contributed by atoms with Gasteiger partial charge in [0.05, 0.1) is 31.4 Å². The van der Waals surface area contributed by atoms with Gasteiger partial charge >= 0.3 is 0 Å². The molecule has 1 spiro atoms. The van der Waals surface area contributed by atoms with E-state index in [2.05, 4.69) is 15.1 Å². The summed E-state index contributed by atoms with van der Waals surface area (Å²) in [5.74, 6) is 1.55. The first-order chi connectivity index (χ1) is 20.3. The maximum Gasteiger partial charge on any atom is 0.260 e. The molecule has 7 rings (SSSR count). The number of aliphatic hydroxyl groups excluding tert-OH is 1. The van der Waals surface area contributed by atoms with Gasteiger partial charge in [0, 0.05) is 23.2 Å². The minimum Gasteiger partial charge on any atom is -0.495 e. The van der Waals surface area contributed by atoms with E-state index in [1.54, 1.807) is 24.4 Å². The van der Waals surface area contributed by atoms with E-state index in [0.29, 0.717) is 35.0 Å². The number of halogens is 2. The van der Waals surface area contributed by atoms with Gasteiger partial charge in [0.2, 0.25) is 5.84 Å². The summed E-state index contributed by atoms with van der Waals surface area (Å²) in [6.45, 7) is 1.62. The molecule has 2 unspecified atom stereocenters. The third-order valence-corrected chi connectivity index (χ3v) is 8.21. The van der Waals surface area contributed by atoms with Crippen molar-refractivity contribution in [2.75, 3.05) is 20.3 Å². The van der Waals surface area contributed by atoms with E-state index in [1.807, 2.05) is 42.0 Å². The van der Waals surface area contributed by atoms with Crippen LogP contribution in [-0.2, 0) is 27.3 Å².